The van der Waals surface area contributed by atoms with Gasteiger partial charge in [0.2, 0.25) is 0 Å². The molecule has 0 radical (unpaired) electrons. The van der Waals surface area contributed by atoms with Gasteiger partial charge in [0.25, 0.3) is 10.0 Å². The molecular formula is C18H17ClF3NO6S. The first-order valence-electron chi connectivity index (χ1n) is 8.27. The molecule has 164 valence electrons. The Kier molecular flexibility index (Phi) is 7.09. The van der Waals surface area contributed by atoms with E-state index in [1.54, 1.807) is 6.92 Å². The molecule has 0 heterocycles. The van der Waals surface area contributed by atoms with Crippen LogP contribution in [0.5, 0.6) is 11.5 Å². The van der Waals surface area contributed by atoms with E-state index in [4.69, 9.17) is 21.4 Å². The monoisotopic (exact) mass is 467 g/mol. The highest BCUT2D eigenvalue weighted by molar-refractivity contribution is 7.92. The van der Waals surface area contributed by atoms with E-state index in [-0.39, 0.29) is 32.7 Å². The number of carboxylic acid groups (broad SMARTS) is 1. The third kappa shape index (κ3) is 6.17. The minimum absolute atomic E-state index is 0.0677. The summed E-state index contributed by atoms with van der Waals surface area (Å²) < 4.78 is 75.2. The van der Waals surface area contributed by atoms with E-state index in [1.807, 2.05) is 0 Å². The lowest BCUT2D eigenvalue weighted by atomic mass is 10.1. The molecule has 0 aliphatic carbocycles. The predicted octanol–water partition coefficient (Wildman–Crippen LogP) is 4.16. The van der Waals surface area contributed by atoms with Crippen molar-refractivity contribution in [3.63, 3.8) is 0 Å². The first kappa shape index (κ1) is 23.6. The maximum atomic E-state index is 12.9. The molecule has 0 bridgehead atoms. The van der Waals surface area contributed by atoms with Crippen LogP contribution in [0.15, 0.2) is 35.2 Å². The molecule has 0 saturated carbocycles. The molecule has 12 heteroatoms. The number of benzene rings is 2. The second kappa shape index (κ2) is 9.00. The van der Waals surface area contributed by atoms with Gasteiger partial charge >= 0.3 is 12.1 Å². The van der Waals surface area contributed by atoms with Crippen molar-refractivity contribution in [1.29, 1.82) is 0 Å². The smallest absolute Gasteiger partial charge is 0.422 e. The van der Waals surface area contributed by atoms with E-state index >= 15 is 0 Å². The summed E-state index contributed by atoms with van der Waals surface area (Å²) in [6, 6.07) is 6.14. The molecule has 2 aromatic carbocycles. The third-order valence-electron chi connectivity index (χ3n) is 3.76. The molecule has 0 aliphatic heterocycles. The van der Waals surface area contributed by atoms with E-state index in [0.717, 1.165) is 12.1 Å². The number of hydrogen-bond donors (Lipinski definition) is 2. The van der Waals surface area contributed by atoms with Crippen LogP contribution in [0.25, 0.3) is 0 Å². The molecule has 2 rings (SSSR count). The van der Waals surface area contributed by atoms with Gasteiger partial charge in [-0.3, -0.25) is 4.72 Å². The van der Waals surface area contributed by atoms with Crippen LogP contribution in [-0.4, -0.2) is 38.9 Å². The number of carboxylic acids is 1. The van der Waals surface area contributed by atoms with Crippen molar-refractivity contribution in [2.24, 2.45) is 0 Å². The molecule has 0 saturated heterocycles. The molecule has 0 unspecified atom stereocenters. The zero-order valence-corrected chi connectivity index (χ0v) is 17.3. The molecule has 2 aromatic rings. The summed E-state index contributed by atoms with van der Waals surface area (Å²) in [7, 11) is -4.31. The summed E-state index contributed by atoms with van der Waals surface area (Å²) in [6.07, 6.45) is -4.63. The zero-order valence-electron chi connectivity index (χ0n) is 15.7. The van der Waals surface area contributed by atoms with E-state index in [1.165, 1.54) is 25.1 Å². The molecule has 0 atom stereocenters. The summed E-state index contributed by atoms with van der Waals surface area (Å²) in [5, 5.41) is 8.85. The topological polar surface area (TPSA) is 102 Å². The van der Waals surface area contributed by atoms with Gasteiger partial charge in [0.05, 0.1) is 10.6 Å². The Morgan fingerprint density at radius 1 is 1.17 bits per heavy atom. The second-order valence-electron chi connectivity index (χ2n) is 6.17. The van der Waals surface area contributed by atoms with Crippen molar-refractivity contribution >= 4 is 33.3 Å². The van der Waals surface area contributed by atoms with Crippen LogP contribution in [0.2, 0.25) is 5.02 Å². The van der Waals surface area contributed by atoms with Gasteiger partial charge in [-0.25, -0.2) is 13.2 Å². The fourth-order valence-electron chi connectivity index (χ4n) is 2.52. The minimum Gasteiger partial charge on any atom is -0.482 e. The van der Waals surface area contributed by atoms with Crippen molar-refractivity contribution in [1.82, 2.24) is 0 Å². The summed E-state index contributed by atoms with van der Waals surface area (Å²) in [4.78, 5) is 10.5. The van der Waals surface area contributed by atoms with Gasteiger partial charge in [0.15, 0.2) is 13.2 Å². The minimum atomic E-state index is -4.63. The molecule has 0 aliphatic rings. The van der Waals surface area contributed by atoms with Crippen molar-refractivity contribution in [2.45, 2.75) is 24.9 Å². The SMILES string of the molecule is Cc1ccc(S(=O)(=O)Nc2cc(Cl)ccc2OCC(F)(F)F)c(C)c1OCC(=O)O. The maximum Gasteiger partial charge on any atom is 0.422 e. The lowest BCUT2D eigenvalue weighted by Crippen LogP contribution is -2.21. The average Bonchev–Trinajstić information content (AvgIpc) is 2.59. The van der Waals surface area contributed by atoms with Gasteiger partial charge in [-0.15, -0.1) is 0 Å². The van der Waals surface area contributed by atoms with E-state index < -0.39 is 35.4 Å². The van der Waals surface area contributed by atoms with E-state index in [2.05, 4.69) is 9.46 Å². The number of carbonyl (C=O) groups is 1. The molecule has 0 amide bonds. The van der Waals surface area contributed by atoms with Crippen LogP contribution >= 0.6 is 11.6 Å². The molecule has 0 aromatic heterocycles. The molecule has 0 spiro atoms. The van der Waals surface area contributed by atoms with Gasteiger partial charge < -0.3 is 14.6 Å². The van der Waals surface area contributed by atoms with E-state index in [0.29, 0.717) is 5.56 Å². The highest BCUT2D eigenvalue weighted by atomic mass is 35.5. The van der Waals surface area contributed by atoms with Gasteiger partial charge in [0, 0.05) is 10.6 Å². The number of nitrogens with one attached hydrogen (secondary N) is 1. The van der Waals surface area contributed by atoms with Gasteiger partial charge in [-0.1, -0.05) is 17.7 Å². The highest BCUT2D eigenvalue weighted by Gasteiger charge is 2.29. The van der Waals surface area contributed by atoms with Crippen LogP contribution in [-0.2, 0) is 14.8 Å². The summed E-state index contributed by atoms with van der Waals surface area (Å²) in [5.41, 5.74) is 0.341. The lowest BCUT2D eigenvalue weighted by Gasteiger charge is -2.18. The molecule has 30 heavy (non-hydrogen) atoms. The first-order chi connectivity index (χ1) is 13.8. The number of rotatable bonds is 8. The Bertz CT molecular complexity index is 1060. The highest BCUT2D eigenvalue weighted by Crippen LogP contribution is 2.34. The Morgan fingerprint density at radius 2 is 1.83 bits per heavy atom. The summed E-state index contributed by atoms with van der Waals surface area (Å²) in [5.74, 6) is -1.54. The number of sulfonamides is 1. The Morgan fingerprint density at radius 3 is 2.43 bits per heavy atom. The van der Waals surface area contributed by atoms with Crippen molar-refractivity contribution in [3.05, 3.63) is 46.5 Å². The molecule has 0 fully saturated rings. The fraction of sp³-hybridized carbons (Fsp3) is 0.278. The van der Waals surface area contributed by atoms with Crippen LogP contribution in [0.3, 0.4) is 0 Å². The normalized spacial score (nSPS) is 11.8. The van der Waals surface area contributed by atoms with Crippen LogP contribution in [0, 0.1) is 13.8 Å². The van der Waals surface area contributed by atoms with Gasteiger partial charge in [0.1, 0.15) is 11.5 Å². The van der Waals surface area contributed by atoms with Crippen molar-refractivity contribution in [3.8, 4) is 11.5 Å². The fourth-order valence-corrected chi connectivity index (χ4v) is 4.00. The largest absolute Gasteiger partial charge is 0.482 e. The number of aryl methyl sites for hydroxylation is 1. The molecule has 2 N–H and O–H groups in total. The number of ether oxygens (including phenoxy) is 2. The van der Waals surface area contributed by atoms with Gasteiger partial charge in [-0.2, -0.15) is 13.2 Å². The number of aliphatic carboxylic acids is 1. The van der Waals surface area contributed by atoms with Gasteiger partial charge in [-0.05, 0) is 43.7 Å². The van der Waals surface area contributed by atoms with Crippen LogP contribution in [0.4, 0.5) is 18.9 Å². The quantitative estimate of drug-likeness (QED) is 0.604. The van der Waals surface area contributed by atoms with E-state index in [9.17, 15) is 26.4 Å². The van der Waals surface area contributed by atoms with Crippen LogP contribution in [0.1, 0.15) is 11.1 Å². The second-order valence-corrected chi connectivity index (χ2v) is 8.25. The number of halogens is 4. The Balaban J connectivity index is 2.41. The standard InChI is InChI=1S/C18H17ClF3NO6S/c1-10-3-6-15(11(2)17(10)28-8-16(24)25)30(26,27)23-13-7-12(19)4-5-14(13)29-9-18(20,21)22/h3-7,23H,8-9H2,1-2H3,(H,24,25). The Hall–Kier alpha value is -2.66. The summed E-state index contributed by atoms with van der Waals surface area (Å²) >= 11 is 5.84. The predicted molar refractivity (Wildman–Crippen MR) is 103 cm³/mol. The average molecular weight is 468 g/mol. The molecular weight excluding hydrogens is 451 g/mol. The maximum absolute atomic E-state index is 12.9. The number of alkyl halides is 3. The molecule has 7 nitrogen and oxygen atoms in total. The zero-order chi connectivity index (χ0) is 22.7. The van der Waals surface area contributed by atoms with Crippen LogP contribution < -0.4 is 14.2 Å². The lowest BCUT2D eigenvalue weighted by molar-refractivity contribution is -0.153. The first-order valence-corrected chi connectivity index (χ1v) is 10.1. The number of hydrogen-bond acceptors (Lipinski definition) is 5. The van der Waals surface area contributed by atoms with Crippen molar-refractivity contribution < 1.29 is 41.0 Å². The third-order valence-corrected chi connectivity index (χ3v) is 5.50. The summed E-state index contributed by atoms with van der Waals surface area (Å²) in [6.45, 7) is 0.717. The van der Waals surface area contributed by atoms with Crippen molar-refractivity contribution in [2.75, 3.05) is 17.9 Å². The number of anilines is 1. The Labute approximate surface area is 175 Å².